The molecule has 2 aromatic rings. The molecule has 1 saturated heterocycles. The zero-order valence-corrected chi connectivity index (χ0v) is 12.2. The van der Waals surface area contributed by atoms with Gasteiger partial charge in [0.2, 0.25) is 0 Å². The quantitative estimate of drug-likeness (QED) is 0.875. The van der Waals surface area contributed by atoms with Crippen LogP contribution in [0.4, 0.5) is 17.6 Å². The first kappa shape index (κ1) is 16.0. The Morgan fingerprint density at radius 3 is 2.43 bits per heavy atom. The number of piperazine rings is 1. The third-order valence-electron chi connectivity index (χ3n) is 3.96. The molecule has 23 heavy (non-hydrogen) atoms. The van der Waals surface area contributed by atoms with E-state index in [1.165, 1.54) is 18.4 Å². The monoisotopic (exact) mass is 328 g/mol. The van der Waals surface area contributed by atoms with Crippen molar-refractivity contribution in [2.24, 2.45) is 0 Å². The lowest BCUT2D eigenvalue weighted by Crippen LogP contribution is -2.45. The predicted octanol–water partition coefficient (Wildman–Crippen LogP) is 3.43. The molecule has 0 saturated carbocycles. The molecule has 3 rings (SSSR count). The summed E-state index contributed by atoms with van der Waals surface area (Å²) in [5, 5.41) is 3.17. The minimum absolute atomic E-state index is 0.0170. The molecule has 1 atom stereocenters. The van der Waals surface area contributed by atoms with E-state index >= 15 is 0 Å². The summed E-state index contributed by atoms with van der Waals surface area (Å²) in [4.78, 5) is 1.92. The third-order valence-corrected chi connectivity index (χ3v) is 3.96. The first-order valence-corrected chi connectivity index (χ1v) is 7.32. The number of furan rings is 1. The molecule has 1 N–H and O–H groups in total. The van der Waals surface area contributed by atoms with Gasteiger partial charge in [0.05, 0.1) is 17.9 Å². The lowest BCUT2D eigenvalue weighted by Gasteiger charge is -2.34. The highest BCUT2D eigenvalue weighted by molar-refractivity contribution is 5.34. The van der Waals surface area contributed by atoms with Gasteiger partial charge in [-0.1, -0.05) is 12.1 Å². The number of nitrogens with zero attached hydrogens (tertiary/aromatic N) is 1. The van der Waals surface area contributed by atoms with Gasteiger partial charge in [0.25, 0.3) is 0 Å². The fourth-order valence-corrected chi connectivity index (χ4v) is 2.90. The molecule has 1 fully saturated rings. The fourth-order valence-electron chi connectivity index (χ4n) is 2.90. The van der Waals surface area contributed by atoms with Crippen LogP contribution in [-0.4, -0.2) is 31.1 Å². The lowest BCUT2D eigenvalue weighted by atomic mass is 9.98. The first-order chi connectivity index (χ1) is 11.0. The summed E-state index contributed by atoms with van der Waals surface area (Å²) in [5.74, 6) is -0.801. The number of nitrogens with one attached hydrogen (secondary N) is 1. The molecule has 0 spiro atoms. The van der Waals surface area contributed by atoms with Crippen LogP contribution in [0.1, 0.15) is 22.9 Å². The molecule has 0 radical (unpaired) electrons. The molecular weight excluding hydrogens is 312 g/mol. The standard InChI is InChI=1S/C16H16F4N2O/c17-14-11(3-1-4-12(14)16(18,19)20)15(13-5-2-10-23-13)22-8-6-21-7-9-22/h1-5,10,15,21H,6-9H2/t15-/m1/s1. The third kappa shape index (κ3) is 3.25. The average molecular weight is 328 g/mol. The van der Waals surface area contributed by atoms with E-state index in [1.54, 1.807) is 12.1 Å². The Hall–Kier alpha value is -1.86. The second kappa shape index (κ2) is 6.33. The van der Waals surface area contributed by atoms with Crippen LogP contribution in [0.15, 0.2) is 41.0 Å². The van der Waals surface area contributed by atoms with Crippen molar-refractivity contribution in [3.8, 4) is 0 Å². The highest BCUT2D eigenvalue weighted by Crippen LogP contribution is 2.37. The second-order valence-electron chi connectivity index (χ2n) is 5.41. The van der Waals surface area contributed by atoms with Crippen LogP contribution in [0.5, 0.6) is 0 Å². The maximum Gasteiger partial charge on any atom is 0.419 e. The van der Waals surface area contributed by atoms with Gasteiger partial charge in [-0.3, -0.25) is 4.90 Å². The summed E-state index contributed by atoms with van der Waals surface area (Å²) in [6.45, 7) is 2.58. The minimum Gasteiger partial charge on any atom is -0.467 e. The summed E-state index contributed by atoms with van der Waals surface area (Å²) in [7, 11) is 0. The molecule has 1 aliphatic heterocycles. The van der Waals surface area contributed by atoms with Crippen LogP contribution in [0.25, 0.3) is 0 Å². The average Bonchev–Trinajstić information content (AvgIpc) is 3.03. The molecule has 124 valence electrons. The number of alkyl halides is 3. The van der Waals surface area contributed by atoms with E-state index in [1.807, 2.05) is 4.90 Å². The predicted molar refractivity (Wildman–Crippen MR) is 76.4 cm³/mol. The van der Waals surface area contributed by atoms with Crippen molar-refractivity contribution in [3.05, 3.63) is 59.3 Å². The van der Waals surface area contributed by atoms with E-state index in [9.17, 15) is 17.6 Å². The summed E-state index contributed by atoms with van der Waals surface area (Å²) in [6, 6.07) is 6.02. The molecule has 1 aliphatic rings. The van der Waals surface area contributed by atoms with Crippen molar-refractivity contribution < 1.29 is 22.0 Å². The Kier molecular flexibility index (Phi) is 4.41. The van der Waals surface area contributed by atoms with Gasteiger partial charge in [0, 0.05) is 31.7 Å². The van der Waals surface area contributed by atoms with Gasteiger partial charge in [-0.15, -0.1) is 0 Å². The number of hydrogen-bond acceptors (Lipinski definition) is 3. The van der Waals surface area contributed by atoms with Gasteiger partial charge >= 0.3 is 6.18 Å². The molecule has 0 aliphatic carbocycles. The van der Waals surface area contributed by atoms with Gasteiger partial charge in [0.15, 0.2) is 0 Å². The maximum absolute atomic E-state index is 14.6. The van der Waals surface area contributed by atoms with Crippen LogP contribution in [0.2, 0.25) is 0 Å². The maximum atomic E-state index is 14.6. The van der Waals surface area contributed by atoms with Crippen LogP contribution in [0.3, 0.4) is 0 Å². The number of rotatable bonds is 3. The van der Waals surface area contributed by atoms with Gasteiger partial charge in [0.1, 0.15) is 11.6 Å². The Bertz CT molecular complexity index is 649. The first-order valence-electron chi connectivity index (χ1n) is 7.32. The van der Waals surface area contributed by atoms with Crippen LogP contribution in [-0.2, 0) is 6.18 Å². The second-order valence-corrected chi connectivity index (χ2v) is 5.41. The summed E-state index contributed by atoms with van der Waals surface area (Å²) >= 11 is 0. The van der Waals surface area contributed by atoms with Crippen molar-refractivity contribution in [1.82, 2.24) is 10.2 Å². The fraction of sp³-hybridized carbons (Fsp3) is 0.375. The molecule has 1 aromatic heterocycles. The number of halogens is 4. The molecule has 1 aromatic carbocycles. The Morgan fingerprint density at radius 1 is 1.09 bits per heavy atom. The van der Waals surface area contributed by atoms with E-state index in [-0.39, 0.29) is 5.56 Å². The molecule has 7 heteroatoms. The van der Waals surface area contributed by atoms with Crippen molar-refractivity contribution in [1.29, 1.82) is 0 Å². The molecule has 0 amide bonds. The lowest BCUT2D eigenvalue weighted by molar-refractivity contribution is -0.140. The summed E-state index contributed by atoms with van der Waals surface area (Å²) < 4.78 is 58.9. The highest BCUT2D eigenvalue weighted by Gasteiger charge is 2.37. The van der Waals surface area contributed by atoms with Gasteiger partial charge in [-0.2, -0.15) is 13.2 Å². The number of hydrogen-bond donors (Lipinski definition) is 1. The molecule has 0 bridgehead atoms. The molecule has 0 unspecified atom stereocenters. The van der Waals surface area contributed by atoms with Gasteiger partial charge < -0.3 is 9.73 Å². The van der Waals surface area contributed by atoms with E-state index < -0.39 is 23.6 Å². The Balaban J connectivity index is 2.07. The number of benzene rings is 1. The highest BCUT2D eigenvalue weighted by atomic mass is 19.4. The molecule has 2 heterocycles. The topological polar surface area (TPSA) is 28.4 Å². The van der Waals surface area contributed by atoms with Crippen molar-refractivity contribution in [2.45, 2.75) is 12.2 Å². The van der Waals surface area contributed by atoms with Crippen LogP contribution >= 0.6 is 0 Å². The van der Waals surface area contributed by atoms with E-state index in [0.717, 1.165) is 6.07 Å². The smallest absolute Gasteiger partial charge is 0.419 e. The zero-order valence-electron chi connectivity index (χ0n) is 12.2. The van der Waals surface area contributed by atoms with E-state index in [2.05, 4.69) is 5.32 Å². The van der Waals surface area contributed by atoms with Crippen molar-refractivity contribution in [3.63, 3.8) is 0 Å². The normalized spacial score (nSPS) is 18.1. The SMILES string of the molecule is Fc1c([C@H](c2ccco2)N2CCNCC2)cccc1C(F)(F)F. The summed E-state index contributed by atoms with van der Waals surface area (Å²) in [5.41, 5.74) is -1.27. The Morgan fingerprint density at radius 2 is 1.83 bits per heavy atom. The molecule has 3 nitrogen and oxygen atoms in total. The van der Waals surface area contributed by atoms with Crippen LogP contribution in [0, 0.1) is 5.82 Å². The van der Waals surface area contributed by atoms with Crippen LogP contribution < -0.4 is 5.32 Å². The van der Waals surface area contributed by atoms with Crippen molar-refractivity contribution >= 4 is 0 Å². The Labute approximate surface area is 130 Å². The molecular formula is C16H16F4N2O. The van der Waals surface area contributed by atoms with E-state index in [4.69, 9.17) is 4.42 Å². The van der Waals surface area contributed by atoms with Gasteiger partial charge in [-0.25, -0.2) is 4.39 Å². The zero-order chi connectivity index (χ0) is 16.4. The van der Waals surface area contributed by atoms with E-state index in [0.29, 0.717) is 31.9 Å². The van der Waals surface area contributed by atoms with Crippen molar-refractivity contribution in [2.75, 3.05) is 26.2 Å². The minimum atomic E-state index is -4.72. The summed E-state index contributed by atoms with van der Waals surface area (Å²) in [6.07, 6.45) is -3.28. The van der Waals surface area contributed by atoms with Gasteiger partial charge in [-0.05, 0) is 18.2 Å². The largest absolute Gasteiger partial charge is 0.467 e.